The van der Waals surface area contributed by atoms with Crippen molar-refractivity contribution in [3.05, 3.63) is 47.5 Å². The molecule has 0 aliphatic heterocycles. The second-order valence-corrected chi connectivity index (χ2v) is 18.5. The molecular weight excluding hydrogens is 937 g/mol. The number of aliphatic hydroxyl groups excluding tert-OH is 2. The maximum Gasteiger partial charge on any atom is 0.295 e. The molecule has 2 aromatic heterocycles. The smallest absolute Gasteiger partial charge is 0.295 e. The summed E-state index contributed by atoms with van der Waals surface area (Å²) in [6.07, 6.45) is 2.29. The van der Waals surface area contributed by atoms with E-state index in [0.717, 1.165) is 24.3 Å². The van der Waals surface area contributed by atoms with Gasteiger partial charge in [0.05, 0.1) is 51.1 Å². The van der Waals surface area contributed by atoms with Crippen LogP contribution in [0.2, 0.25) is 0 Å². The molecule has 0 aliphatic carbocycles. The molecule has 64 heavy (non-hydrogen) atoms. The number of rotatable bonds is 28. The lowest BCUT2D eigenvalue weighted by Gasteiger charge is -2.13. The minimum absolute atomic E-state index is 0.00893. The first-order chi connectivity index (χ1) is 30.1. The van der Waals surface area contributed by atoms with Gasteiger partial charge in [-0.05, 0) is 35.4 Å². The third-order valence-corrected chi connectivity index (χ3v) is 10.9. The molecule has 0 unspecified atom stereocenters. The van der Waals surface area contributed by atoms with Crippen molar-refractivity contribution in [2.24, 2.45) is 0 Å². The van der Waals surface area contributed by atoms with Gasteiger partial charge in [-0.25, -0.2) is 0 Å². The molecule has 352 valence electrons. The van der Waals surface area contributed by atoms with Crippen molar-refractivity contribution >= 4 is 99.7 Å². The van der Waals surface area contributed by atoms with Crippen LogP contribution in [0.25, 0.3) is 12.2 Å². The Morgan fingerprint density at radius 1 is 0.469 bits per heavy atom. The van der Waals surface area contributed by atoms with Crippen molar-refractivity contribution in [3.63, 3.8) is 0 Å². The van der Waals surface area contributed by atoms with Gasteiger partial charge in [0.15, 0.2) is 0 Å². The van der Waals surface area contributed by atoms with Crippen molar-refractivity contribution in [2.75, 3.05) is 109 Å². The number of hydrogen-bond acceptors (Lipinski definition) is 24. The van der Waals surface area contributed by atoms with Crippen molar-refractivity contribution in [3.8, 4) is 0 Å². The van der Waals surface area contributed by atoms with E-state index in [2.05, 4.69) is 61.8 Å². The molecule has 0 radical (unpaired) electrons. The fourth-order valence-electron chi connectivity index (χ4n) is 4.95. The molecule has 0 amide bonds. The van der Waals surface area contributed by atoms with Crippen LogP contribution in [0, 0.1) is 0 Å². The van der Waals surface area contributed by atoms with E-state index in [4.69, 9.17) is 28.8 Å². The molecule has 2 aromatic carbocycles. The minimum Gasteiger partial charge on any atom is -0.394 e. The highest BCUT2D eigenvalue weighted by atomic mass is 32.2. The Morgan fingerprint density at radius 2 is 0.797 bits per heavy atom. The second-order valence-electron chi connectivity index (χ2n) is 12.6. The first-order valence-corrected chi connectivity index (χ1v) is 24.4. The summed E-state index contributed by atoms with van der Waals surface area (Å²) in [7, 11) is -18.6. The summed E-state index contributed by atoms with van der Waals surface area (Å²) in [5.41, 5.74) is -0.277. The van der Waals surface area contributed by atoms with E-state index in [9.17, 15) is 42.8 Å². The summed E-state index contributed by atoms with van der Waals surface area (Å²) < 4.78 is 144. The van der Waals surface area contributed by atoms with Crippen LogP contribution in [-0.4, -0.2) is 169 Å². The highest BCUT2D eigenvalue weighted by Crippen LogP contribution is 2.28. The van der Waals surface area contributed by atoms with Crippen LogP contribution >= 0.6 is 0 Å². The van der Waals surface area contributed by atoms with E-state index in [1.165, 1.54) is 24.3 Å². The number of aromatic nitrogens is 6. The lowest BCUT2D eigenvalue weighted by atomic mass is 10.1. The van der Waals surface area contributed by atoms with E-state index in [1.54, 1.807) is 0 Å². The maximum atomic E-state index is 12.6. The summed E-state index contributed by atoms with van der Waals surface area (Å²) >= 11 is 0. The third kappa shape index (κ3) is 18.3. The first kappa shape index (κ1) is 51.1. The van der Waals surface area contributed by atoms with Gasteiger partial charge in [-0.3, -0.25) is 18.2 Å². The number of ether oxygens (including phenoxy) is 2. The van der Waals surface area contributed by atoms with E-state index >= 15 is 0 Å². The molecule has 0 atom stereocenters. The zero-order valence-corrected chi connectivity index (χ0v) is 36.5. The van der Waals surface area contributed by atoms with Crippen LogP contribution in [0.15, 0.2) is 46.2 Å². The number of aliphatic hydroxyl groups is 2. The predicted molar refractivity (Wildman–Crippen MR) is 230 cm³/mol. The lowest BCUT2D eigenvalue weighted by Crippen LogP contribution is -2.18. The number of hydrogen-bond donors (Lipinski definition) is 12. The van der Waals surface area contributed by atoms with Crippen LogP contribution in [0.3, 0.4) is 0 Å². The van der Waals surface area contributed by atoms with E-state index in [1.807, 2.05) is 0 Å². The third-order valence-electron chi connectivity index (χ3n) is 7.63. The summed E-state index contributed by atoms with van der Waals surface area (Å²) in [5.74, 6) is -2.18. The first-order valence-electron chi connectivity index (χ1n) is 18.3. The molecule has 32 heteroatoms. The Bertz CT molecular complexity index is 2520. The van der Waals surface area contributed by atoms with Gasteiger partial charge in [0.1, 0.15) is 9.79 Å². The van der Waals surface area contributed by atoms with E-state index in [-0.39, 0.29) is 124 Å². The fraction of sp³-hybridized carbons (Fsp3) is 0.375. The minimum atomic E-state index is -4.97. The van der Waals surface area contributed by atoms with E-state index < -0.39 is 61.8 Å². The number of anilines is 8. The monoisotopic (exact) mass is 980 g/mol. The van der Waals surface area contributed by atoms with Crippen molar-refractivity contribution in [1.29, 1.82) is 0 Å². The Balaban J connectivity index is 1.61. The highest BCUT2D eigenvalue weighted by molar-refractivity contribution is 7.86. The van der Waals surface area contributed by atoms with Crippen molar-refractivity contribution < 1.29 is 71.6 Å². The molecule has 0 saturated heterocycles. The number of benzene rings is 2. The van der Waals surface area contributed by atoms with Crippen molar-refractivity contribution in [1.82, 2.24) is 29.9 Å². The summed E-state index contributed by atoms with van der Waals surface area (Å²) in [4.78, 5) is 23.5. The average molecular weight is 981 g/mol. The predicted octanol–water partition coefficient (Wildman–Crippen LogP) is -0.351. The molecule has 0 bridgehead atoms. The Labute approximate surface area is 366 Å². The van der Waals surface area contributed by atoms with Crippen molar-refractivity contribution in [2.45, 2.75) is 9.79 Å². The molecule has 28 nitrogen and oxygen atoms in total. The maximum absolute atomic E-state index is 12.6. The zero-order valence-electron chi connectivity index (χ0n) is 33.2. The highest BCUT2D eigenvalue weighted by Gasteiger charge is 2.19. The summed E-state index contributed by atoms with van der Waals surface area (Å²) in [5, 5.41) is 34.2. The quantitative estimate of drug-likeness (QED) is 0.0196. The van der Waals surface area contributed by atoms with Crippen LogP contribution in [0.1, 0.15) is 11.1 Å². The molecule has 0 saturated carbocycles. The second kappa shape index (κ2) is 23.4. The zero-order chi connectivity index (χ0) is 47.0. The molecule has 4 rings (SSSR count). The van der Waals surface area contributed by atoms with Gasteiger partial charge in [0.25, 0.3) is 40.5 Å². The molecule has 0 fully saturated rings. The van der Waals surface area contributed by atoms with Crippen LogP contribution in [0.5, 0.6) is 0 Å². The average Bonchev–Trinajstić information content (AvgIpc) is 3.19. The standard InChI is InChI=1S/C32H44N12O16S4/c45-11-15-59-13-7-33-27-39-29(35-9-17-61(47,48)49)43-31(41-27)37-23-5-3-21(25(19-23)63(53,54)55)1-2-22-4-6-24(20-26(22)64(56,57)58)38-32-42-28(34-8-14-60-16-12-46)40-30(44-32)36-10-18-62(50,51)52/h1-6,19-20,45-46H,7-18H2,(H,47,48,49)(H,50,51,52)(H,53,54,55)(H,56,57,58)(H3,33,35,37,39,41,43)(H3,34,36,38,40,42,44). The van der Waals surface area contributed by atoms with Gasteiger partial charge in [-0.15, -0.1) is 0 Å². The fourth-order valence-corrected chi connectivity index (χ4v) is 7.09. The topological polar surface area (TPSA) is 426 Å². The lowest BCUT2D eigenvalue weighted by molar-refractivity contribution is 0.0991. The molecule has 0 aliphatic rings. The van der Waals surface area contributed by atoms with Crippen LogP contribution in [-0.2, 0) is 49.9 Å². The summed E-state index contributed by atoms with van der Waals surface area (Å²) in [6, 6.07) is 7.18. The van der Waals surface area contributed by atoms with E-state index in [0.29, 0.717) is 0 Å². The number of nitrogens with zero attached hydrogens (tertiary/aromatic N) is 6. The molecule has 4 aromatic rings. The number of nitrogens with one attached hydrogen (secondary N) is 6. The molecule has 2 heterocycles. The molecule has 0 spiro atoms. The molecule has 12 N–H and O–H groups in total. The Hall–Kier alpha value is -5.52. The molecular formula is C32H44N12O16S4. The normalized spacial score (nSPS) is 12.3. The SMILES string of the molecule is O=S(=O)(O)CCNc1nc(NCCOCCO)nc(Nc2ccc(C=Cc3ccc(Nc4nc(NCCOCCO)nc(NCCS(=O)(=O)O)n4)cc3S(=O)(=O)O)c(S(=O)(=O)O)c2)n1. The van der Waals surface area contributed by atoms with Crippen LogP contribution in [0.4, 0.5) is 47.1 Å². The van der Waals surface area contributed by atoms with Crippen LogP contribution < -0.4 is 31.9 Å². The Morgan fingerprint density at radius 3 is 1.11 bits per heavy atom. The Kier molecular flexibility index (Phi) is 18.7. The van der Waals surface area contributed by atoms with Gasteiger partial charge < -0.3 is 51.6 Å². The summed E-state index contributed by atoms with van der Waals surface area (Å²) in [6.45, 7) is -0.299. The van der Waals surface area contributed by atoms with Gasteiger partial charge in [0, 0.05) is 37.6 Å². The van der Waals surface area contributed by atoms with Gasteiger partial charge in [0.2, 0.25) is 35.7 Å². The van der Waals surface area contributed by atoms with Gasteiger partial charge >= 0.3 is 0 Å². The van der Waals surface area contributed by atoms with Gasteiger partial charge in [-0.2, -0.15) is 63.6 Å². The largest absolute Gasteiger partial charge is 0.394 e. The van der Waals surface area contributed by atoms with Gasteiger partial charge in [-0.1, -0.05) is 24.3 Å².